The molecule has 0 aromatic heterocycles. The maximum atomic E-state index is 13.4. The van der Waals surface area contributed by atoms with Gasteiger partial charge in [-0.15, -0.1) is 0 Å². The average molecular weight is 465 g/mol. The molecule has 0 aliphatic heterocycles. The fourth-order valence-corrected chi connectivity index (χ4v) is 4.49. The first kappa shape index (κ1) is 21.7. The van der Waals surface area contributed by atoms with Gasteiger partial charge >= 0.3 is 0 Å². The van der Waals surface area contributed by atoms with Crippen molar-refractivity contribution in [3.63, 3.8) is 0 Å². The maximum Gasteiger partial charge on any atom is 0.277 e. The summed E-state index contributed by atoms with van der Waals surface area (Å²) in [5, 5.41) is 23.7. The van der Waals surface area contributed by atoms with Crippen LogP contribution in [0, 0.1) is 20.2 Å². The zero-order valence-corrected chi connectivity index (χ0v) is 17.9. The van der Waals surface area contributed by atoms with Gasteiger partial charge in [0.25, 0.3) is 11.4 Å². The predicted octanol–water partition coefficient (Wildman–Crippen LogP) is 5.19. The van der Waals surface area contributed by atoms with Gasteiger partial charge in [0, 0.05) is 34.4 Å². The van der Waals surface area contributed by atoms with E-state index in [2.05, 4.69) is 0 Å². The minimum Gasteiger partial charge on any atom is -0.398 e. The number of ketones is 2. The molecule has 0 heterocycles. The number of fused-ring (bicyclic) bond motifs is 2. The quantitative estimate of drug-likeness (QED) is 0.218. The van der Waals surface area contributed by atoms with Crippen LogP contribution in [0.3, 0.4) is 0 Å². The number of hydrogen-bond donors (Lipinski definition) is 1. The van der Waals surface area contributed by atoms with Crippen LogP contribution >= 0.6 is 0 Å². The molecule has 170 valence electrons. The molecule has 0 bridgehead atoms. The molecule has 0 amide bonds. The minimum absolute atomic E-state index is 0.0123. The van der Waals surface area contributed by atoms with Gasteiger partial charge in [0.1, 0.15) is 0 Å². The SMILES string of the molecule is Nc1c2c(cc(-c3ccccc3[N+](=O)[O-])c1-c1ccccc1[N+](=O)[O-])C(=O)c1ccccc1C2=O. The van der Waals surface area contributed by atoms with E-state index in [1.807, 2.05) is 0 Å². The second-order valence-electron chi connectivity index (χ2n) is 7.89. The highest BCUT2D eigenvalue weighted by Gasteiger charge is 2.35. The Morgan fingerprint density at radius 3 is 1.57 bits per heavy atom. The second-order valence-corrected chi connectivity index (χ2v) is 7.89. The van der Waals surface area contributed by atoms with Crippen LogP contribution in [-0.4, -0.2) is 21.4 Å². The molecule has 0 atom stereocenters. The van der Waals surface area contributed by atoms with E-state index in [0.29, 0.717) is 0 Å². The highest BCUT2D eigenvalue weighted by molar-refractivity contribution is 6.31. The molecule has 4 aromatic rings. The molecule has 4 aromatic carbocycles. The summed E-state index contributed by atoms with van der Waals surface area (Å²) >= 11 is 0. The summed E-state index contributed by atoms with van der Waals surface area (Å²) in [6, 6.07) is 19.2. The van der Waals surface area contributed by atoms with E-state index >= 15 is 0 Å². The molecule has 0 fully saturated rings. The lowest BCUT2D eigenvalue weighted by atomic mass is 9.78. The van der Waals surface area contributed by atoms with E-state index in [1.165, 1.54) is 54.6 Å². The number of nitrogens with zero attached hydrogens (tertiary/aromatic N) is 2. The second kappa shape index (κ2) is 7.99. The number of carbonyl (C=O) groups is 2. The first-order chi connectivity index (χ1) is 16.8. The Hall–Kier alpha value is -5.18. The van der Waals surface area contributed by atoms with Crippen molar-refractivity contribution in [1.29, 1.82) is 0 Å². The van der Waals surface area contributed by atoms with Crippen molar-refractivity contribution in [3.05, 3.63) is 121 Å². The van der Waals surface area contributed by atoms with Gasteiger partial charge in [0.2, 0.25) is 0 Å². The van der Waals surface area contributed by atoms with Crippen molar-refractivity contribution in [1.82, 2.24) is 0 Å². The lowest BCUT2D eigenvalue weighted by Crippen LogP contribution is -2.23. The third-order valence-electron chi connectivity index (χ3n) is 6.02. The van der Waals surface area contributed by atoms with E-state index in [4.69, 9.17) is 5.73 Å². The lowest BCUT2D eigenvalue weighted by molar-refractivity contribution is -0.384. The van der Waals surface area contributed by atoms with Gasteiger partial charge in [-0.3, -0.25) is 29.8 Å². The molecule has 0 spiro atoms. The van der Waals surface area contributed by atoms with Gasteiger partial charge in [0.05, 0.1) is 32.2 Å². The Morgan fingerprint density at radius 1 is 0.543 bits per heavy atom. The topological polar surface area (TPSA) is 146 Å². The monoisotopic (exact) mass is 465 g/mol. The molecule has 1 aliphatic rings. The highest BCUT2D eigenvalue weighted by Crippen LogP contribution is 2.47. The maximum absolute atomic E-state index is 13.4. The molecule has 0 unspecified atom stereocenters. The molecule has 5 rings (SSSR count). The third-order valence-corrected chi connectivity index (χ3v) is 6.02. The Bertz CT molecular complexity index is 1610. The summed E-state index contributed by atoms with van der Waals surface area (Å²) in [4.78, 5) is 49.3. The molecule has 9 nitrogen and oxygen atoms in total. The van der Waals surface area contributed by atoms with E-state index in [9.17, 15) is 29.8 Å². The standard InChI is InChI=1S/C26H15N3O6/c27-24-22(17-10-4-6-12-21(17)29(34)35)18(14-7-3-5-11-20(14)28(32)33)13-19-23(24)26(31)16-9-2-1-8-15(16)25(19)30/h1-13H,27H2. The molecule has 0 saturated carbocycles. The molecule has 0 saturated heterocycles. The minimum atomic E-state index is -0.598. The van der Waals surface area contributed by atoms with Crippen LogP contribution in [0.4, 0.5) is 17.1 Å². The third kappa shape index (κ3) is 3.25. The van der Waals surface area contributed by atoms with E-state index in [1.54, 1.807) is 24.3 Å². The van der Waals surface area contributed by atoms with Crippen molar-refractivity contribution in [2.45, 2.75) is 0 Å². The molecule has 0 radical (unpaired) electrons. The smallest absolute Gasteiger partial charge is 0.277 e. The van der Waals surface area contributed by atoms with Crippen molar-refractivity contribution < 1.29 is 19.4 Å². The summed E-state index contributed by atoms with van der Waals surface area (Å²) in [7, 11) is 0. The summed E-state index contributed by atoms with van der Waals surface area (Å²) in [5.41, 5.74) is 6.46. The average Bonchev–Trinajstić information content (AvgIpc) is 2.86. The van der Waals surface area contributed by atoms with Gasteiger partial charge in [-0.25, -0.2) is 0 Å². The van der Waals surface area contributed by atoms with E-state index in [-0.39, 0.29) is 61.6 Å². The van der Waals surface area contributed by atoms with Gasteiger partial charge < -0.3 is 5.73 Å². The largest absolute Gasteiger partial charge is 0.398 e. The van der Waals surface area contributed by atoms with Gasteiger partial charge in [-0.1, -0.05) is 48.5 Å². The first-order valence-corrected chi connectivity index (χ1v) is 10.4. The summed E-state index contributed by atoms with van der Waals surface area (Å²) in [5.74, 6) is -0.961. The van der Waals surface area contributed by atoms with Crippen molar-refractivity contribution in [3.8, 4) is 22.3 Å². The molecule has 1 aliphatic carbocycles. The van der Waals surface area contributed by atoms with Crippen molar-refractivity contribution in [2.75, 3.05) is 5.73 Å². The number of benzene rings is 4. The van der Waals surface area contributed by atoms with Crippen LogP contribution in [0.5, 0.6) is 0 Å². The number of carbonyl (C=O) groups excluding carboxylic acids is 2. The Kier molecular flexibility index (Phi) is 4.95. The summed E-state index contributed by atoms with van der Waals surface area (Å²) < 4.78 is 0. The van der Waals surface area contributed by atoms with Gasteiger partial charge in [-0.2, -0.15) is 0 Å². The van der Waals surface area contributed by atoms with Crippen LogP contribution < -0.4 is 5.73 Å². The number of anilines is 1. The fraction of sp³-hybridized carbons (Fsp3) is 0. The highest BCUT2D eigenvalue weighted by atomic mass is 16.6. The summed E-state index contributed by atoms with van der Waals surface area (Å²) in [6.07, 6.45) is 0. The number of nitro benzene ring substituents is 2. The zero-order valence-electron chi connectivity index (χ0n) is 17.9. The Balaban J connectivity index is 1.94. The number of nitrogen functional groups attached to an aromatic ring is 1. The van der Waals surface area contributed by atoms with Crippen LogP contribution in [0.2, 0.25) is 0 Å². The number of hydrogen-bond acceptors (Lipinski definition) is 7. The van der Waals surface area contributed by atoms with Gasteiger partial charge in [0.15, 0.2) is 11.6 Å². The van der Waals surface area contributed by atoms with Crippen LogP contribution in [-0.2, 0) is 0 Å². The Labute approximate surface area is 197 Å². The summed E-state index contributed by atoms with van der Waals surface area (Å²) in [6.45, 7) is 0. The van der Waals surface area contributed by atoms with Gasteiger partial charge in [-0.05, 0) is 23.8 Å². The number of nitrogens with two attached hydrogens (primary N) is 1. The lowest BCUT2D eigenvalue weighted by Gasteiger charge is -2.23. The normalized spacial score (nSPS) is 12.1. The fourth-order valence-electron chi connectivity index (χ4n) is 4.49. The number of rotatable bonds is 4. The van der Waals surface area contributed by atoms with Crippen LogP contribution in [0.1, 0.15) is 31.8 Å². The van der Waals surface area contributed by atoms with Crippen LogP contribution in [0.25, 0.3) is 22.3 Å². The van der Waals surface area contributed by atoms with E-state index in [0.717, 1.165) is 0 Å². The molecule has 2 N–H and O–H groups in total. The first-order valence-electron chi connectivity index (χ1n) is 10.4. The molecule has 35 heavy (non-hydrogen) atoms. The van der Waals surface area contributed by atoms with Crippen molar-refractivity contribution >= 4 is 28.6 Å². The van der Waals surface area contributed by atoms with Crippen molar-refractivity contribution in [2.24, 2.45) is 0 Å². The number of nitro groups is 2. The zero-order chi connectivity index (χ0) is 24.9. The van der Waals surface area contributed by atoms with E-state index < -0.39 is 21.4 Å². The molecule has 9 heteroatoms. The predicted molar refractivity (Wildman–Crippen MR) is 128 cm³/mol. The molecular formula is C26H15N3O6. The Morgan fingerprint density at radius 2 is 1.00 bits per heavy atom. The number of para-hydroxylation sites is 2. The van der Waals surface area contributed by atoms with Crippen LogP contribution in [0.15, 0.2) is 78.9 Å². The molecular weight excluding hydrogens is 450 g/mol.